The van der Waals surface area contributed by atoms with Crippen LogP contribution in [0.1, 0.15) is 64.4 Å². The van der Waals surface area contributed by atoms with Gasteiger partial charge in [-0.3, -0.25) is 14.0 Å². The van der Waals surface area contributed by atoms with Crippen LogP contribution in [0.15, 0.2) is 6.20 Å². The van der Waals surface area contributed by atoms with Crippen LogP contribution in [-0.4, -0.2) is 51.1 Å². The summed E-state index contributed by atoms with van der Waals surface area (Å²) in [6, 6.07) is 0.723. The average Bonchev–Trinajstić information content (AvgIpc) is 3.35. The first kappa shape index (κ1) is 18.7. The lowest BCUT2D eigenvalue weighted by molar-refractivity contribution is -0.120. The molecule has 2 aliphatic heterocycles. The lowest BCUT2D eigenvalue weighted by atomic mass is 10.0. The standard InChI is InChI=1S/C21H31N5OS/c1-3-28-25-11-7-15(8-12-25)23-20-22-13-16-18(24-20)26(17-6-4-5-14(17)2)19(27)21(16)9-10-21/h13-15,17H,3-12H2,1-2H3,(H,22,23,24). The highest BCUT2D eigenvalue weighted by atomic mass is 32.2. The van der Waals surface area contributed by atoms with E-state index in [4.69, 9.17) is 4.98 Å². The van der Waals surface area contributed by atoms with Gasteiger partial charge in [0.15, 0.2) is 0 Å². The minimum absolute atomic E-state index is 0.289. The van der Waals surface area contributed by atoms with Crippen molar-refractivity contribution in [2.24, 2.45) is 5.92 Å². The van der Waals surface area contributed by atoms with Gasteiger partial charge in [-0.2, -0.15) is 4.98 Å². The summed E-state index contributed by atoms with van der Waals surface area (Å²) in [5, 5.41) is 3.56. The Balaban J connectivity index is 1.36. The Kier molecular flexibility index (Phi) is 4.78. The summed E-state index contributed by atoms with van der Waals surface area (Å²) in [7, 11) is 0. The molecule has 0 bridgehead atoms. The molecule has 1 spiro atoms. The lowest BCUT2D eigenvalue weighted by Gasteiger charge is -2.31. The highest BCUT2D eigenvalue weighted by Crippen LogP contribution is 2.58. The monoisotopic (exact) mass is 401 g/mol. The quantitative estimate of drug-likeness (QED) is 0.761. The minimum atomic E-state index is -0.293. The Morgan fingerprint density at radius 1 is 1.25 bits per heavy atom. The van der Waals surface area contributed by atoms with E-state index in [1.54, 1.807) is 0 Å². The number of nitrogens with one attached hydrogen (secondary N) is 1. The van der Waals surface area contributed by atoms with Crippen LogP contribution in [0.25, 0.3) is 0 Å². The molecule has 2 aliphatic carbocycles. The number of piperidine rings is 1. The number of nitrogens with zero attached hydrogens (tertiary/aromatic N) is 4. The molecule has 6 nitrogen and oxygen atoms in total. The maximum Gasteiger partial charge on any atom is 0.239 e. The van der Waals surface area contributed by atoms with E-state index in [-0.39, 0.29) is 11.3 Å². The fraction of sp³-hybridized carbons (Fsp3) is 0.762. The van der Waals surface area contributed by atoms with Crippen LogP contribution in [0.5, 0.6) is 0 Å². The molecule has 7 heteroatoms. The van der Waals surface area contributed by atoms with Gasteiger partial charge in [0.25, 0.3) is 0 Å². The van der Waals surface area contributed by atoms with Crippen molar-refractivity contribution in [1.29, 1.82) is 0 Å². The lowest BCUT2D eigenvalue weighted by Crippen LogP contribution is -2.42. The molecule has 0 aromatic carbocycles. The highest BCUT2D eigenvalue weighted by Gasteiger charge is 2.61. The number of hydrogen-bond acceptors (Lipinski definition) is 6. The normalized spacial score (nSPS) is 29.5. The molecule has 1 saturated heterocycles. The molecule has 3 heterocycles. The SMILES string of the molecule is CCSN1CCC(Nc2ncc3c(n2)N(C2CCCC2C)C(=O)C32CC2)CC1. The molecule has 2 atom stereocenters. The summed E-state index contributed by atoms with van der Waals surface area (Å²) in [5.74, 6) is 3.58. The average molecular weight is 402 g/mol. The maximum atomic E-state index is 13.3. The van der Waals surface area contributed by atoms with Crippen LogP contribution in [0.2, 0.25) is 0 Å². The Labute approximate surface area is 172 Å². The van der Waals surface area contributed by atoms with Gasteiger partial charge in [0.1, 0.15) is 5.82 Å². The molecular weight excluding hydrogens is 370 g/mol. The van der Waals surface area contributed by atoms with E-state index >= 15 is 0 Å². The summed E-state index contributed by atoms with van der Waals surface area (Å²) >= 11 is 1.93. The van der Waals surface area contributed by atoms with E-state index in [0.717, 1.165) is 62.3 Å². The second-order valence-electron chi connectivity index (χ2n) is 8.93. The second kappa shape index (κ2) is 7.17. The van der Waals surface area contributed by atoms with Gasteiger partial charge >= 0.3 is 0 Å². The molecule has 0 radical (unpaired) electrons. The number of anilines is 2. The van der Waals surface area contributed by atoms with Gasteiger partial charge in [-0.15, -0.1) is 0 Å². The zero-order valence-corrected chi connectivity index (χ0v) is 17.8. The van der Waals surface area contributed by atoms with Gasteiger partial charge in [-0.25, -0.2) is 4.98 Å². The number of rotatable bonds is 5. The van der Waals surface area contributed by atoms with Gasteiger partial charge in [0, 0.05) is 42.7 Å². The van der Waals surface area contributed by atoms with Gasteiger partial charge in [-0.1, -0.05) is 32.2 Å². The molecule has 2 saturated carbocycles. The fourth-order valence-corrected chi connectivity index (χ4v) is 6.16. The van der Waals surface area contributed by atoms with Gasteiger partial charge in [0.05, 0.1) is 5.41 Å². The van der Waals surface area contributed by atoms with Gasteiger partial charge in [0.2, 0.25) is 11.9 Å². The van der Waals surface area contributed by atoms with E-state index in [1.165, 1.54) is 12.8 Å². The topological polar surface area (TPSA) is 61.4 Å². The number of carbonyl (C=O) groups is 1. The molecule has 4 aliphatic rings. The van der Waals surface area contributed by atoms with Crippen molar-refractivity contribution in [3.63, 3.8) is 0 Å². The number of amides is 1. The van der Waals surface area contributed by atoms with E-state index in [1.807, 2.05) is 18.1 Å². The summed E-state index contributed by atoms with van der Waals surface area (Å²) in [6.07, 6.45) is 9.60. The van der Waals surface area contributed by atoms with E-state index < -0.39 is 0 Å². The molecule has 28 heavy (non-hydrogen) atoms. The third-order valence-electron chi connectivity index (χ3n) is 7.14. The highest BCUT2D eigenvalue weighted by molar-refractivity contribution is 7.96. The Morgan fingerprint density at radius 3 is 2.68 bits per heavy atom. The first-order chi connectivity index (χ1) is 13.6. The van der Waals surface area contributed by atoms with Crippen molar-refractivity contribution in [3.8, 4) is 0 Å². The first-order valence-corrected chi connectivity index (χ1v) is 11.9. The van der Waals surface area contributed by atoms with Crippen molar-refractivity contribution in [2.75, 3.05) is 29.1 Å². The molecule has 152 valence electrons. The second-order valence-corrected chi connectivity index (χ2v) is 10.3. The zero-order chi connectivity index (χ0) is 19.3. The molecule has 2 unspecified atom stereocenters. The third-order valence-corrected chi connectivity index (χ3v) is 8.13. The van der Waals surface area contributed by atoms with Crippen molar-refractivity contribution < 1.29 is 4.79 Å². The van der Waals surface area contributed by atoms with Crippen molar-refractivity contribution >= 4 is 29.6 Å². The smallest absolute Gasteiger partial charge is 0.239 e. The predicted octanol–water partition coefficient (Wildman–Crippen LogP) is 3.59. The molecule has 1 amide bonds. The van der Waals surface area contributed by atoms with Crippen LogP contribution < -0.4 is 10.2 Å². The number of aromatic nitrogens is 2. The van der Waals surface area contributed by atoms with E-state index in [0.29, 0.717) is 23.9 Å². The summed E-state index contributed by atoms with van der Waals surface area (Å²) in [6.45, 7) is 6.70. The third kappa shape index (κ3) is 3.02. The Bertz CT molecular complexity index is 759. The number of fused-ring (bicyclic) bond motifs is 2. The van der Waals surface area contributed by atoms with Gasteiger partial charge in [-0.05, 0) is 44.4 Å². The molecule has 1 N–H and O–H groups in total. The summed E-state index contributed by atoms with van der Waals surface area (Å²) < 4.78 is 2.46. The van der Waals surface area contributed by atoms with E-state index in [9.17, 15) is 4.79 Å². The minimum Gasteiger partial charge on any atom is -0.351 e. The Morgan fingerprint density at radius 2 is 2.04 bits per heavy atom. The fourth-order valence-electron chi connectivity index (χ4n) is 5.33. The molecule has 3 fully saturated rings. The van der Waals surface area contributed by atoms with Crippen molar-refractivity contribution in [1.82, 2.24) is 14.3 Å². The van der Waals surface area contributed by atoms with Crippen LogP contribution in [0, 0.1) is 5.92 Å². The van der Waals surface area contributed by atoms with Crippen LogP contribution in [0.3, 0.4) is 0 Å². The predicted molar refractivity (Wildman–Crippen MR) is 114 cm³/mol. The summed E-state index contributed by atoms with van der Waals surface area (Å²) in [4.78, 5) is 24.9. The molecular formula is C21H31N5OS. The molecule has 1 aromatic heterocycles. The van der Waals surface area contributed by atoms with E-state index in [2.05, 4.69) is 33.4 Å². The Hall–Kier alpha value is -1.34. The zero-order valence-electron chi connectivity index (χ0n) is 17.0. The first-order valence-electron chi connectivity index (χ1n) is 11.0. The molecule has 1 aromatic rings. The van der Waals surface area contributed by atoms with Gasteiger partial charge < -0.3 is 5.32 Å². The van der Waals surface area contributed by atoms with Crippen LogP contribution >= 0.6 is 11.9 Å². The largest absolute Gasteiger partial charge is 0.351 e. The molecule has 5 rings (SSSR count). The maximum absolute atomic E-state index is 13.3. The number of carbonyl (C=O) groups excluding carboxylic acids is 1. The van der Waals surface area contributed by atoms with Crippen molar-refractivity contribution in [3.05, 3.63) is 11.8 Å². The number of hydrogen-bond donors (Lipinski definition) is 1. The van der Waals surface area contributed by atoms with Crippen molar-refractivity contribution in [2.45, 2.75) is 76.3 Å². The summed E-state index contributed by atoms with van der Waals surface area (Å²) in [5.41, 5.74) is 0.787. The van der Waals surface area contributed by atoms with Crippen LogP contribution in [0.4, 0.5) is 11.8 Å². The van der Waals surface area contributed by atoms with Crippen LogP contribution in [-0.2, 0) is 10.2 Å².